The minimum Gasteiger partial charge on any atom is -0.383 e. The summed E-state index contributed by atoms with van der Waals surface area (Å²) in [6.45, 7) is 3.09. The molecule has 7 heteroatoms. The Morgan fingerprint density at radius 3 is 2.79 bits per heavy atom. The van der Waals surface area contributed by atoms with E-state index in [9.17, 15) is 4.79 Å². The lowest BCUT2D eigenvalue weighted by molar-refractivity contribution is 0.0946. The van der Waals surface area contributed by atoms with Gasteiger partial charge in [-0.05, 0) is 26.1 Å². The van der Waals surface area contributed by atoms with E-state index in [-0.39, 0.29) is 11.1 Å². The van der Waals surface area contributed by atoms with Crippen LogP contribution in [0, 0.1) is 0 Å². The SMILES string of the molecule is COCCN(C)CCCNC(=O)c1cc(Cl)c(Cl)[nH]1. The van der Waals surface area contributed by atoms with E-state index in [2.05, 4.69) is 15.2 Å². The van der Waals surface area contributed by atoms with Gasteiger partial charge in [-0.1, -0.05) is 23.2 Å². The van der Waals surface area contributed by atoms with Crippen LogP contribution in [0.5, 0.6) is 0 Å². The Morgan fingerprint density at radius 1 is 1.47 bits per heavy atom. The molecule has 108 valence electrons. The van der Waals surface area contributed by atoms with Crippen molar-refractivity contribution in [3.63, 3.8) is 0 Å². The number of nitrogens with zero attached hydrogens (tertiary/aromatic N) is 1. The van der Waals surface area contributed by atoms with Gasteiger partial charge in [0.05, 0.1) is 11.6 Å². The summed E-state index contributed by atoms with van der Waals surface area (Å²) in [4.78, 5) is 16.6. The Balaban J connectivity index is 2.20. The van der Waals surface area contributed by atoms with E-state index >= 15 is 0 Å². The third kappa shape index (κ3) is 5.82. The van der Waals surface area contributed by atoms with Crippen molar-refractivity contribution in [3.8, 4) is 0 Å². The third-order valence-corrected chi connectivity index (χ3v) is 3.34. The molecule has 1 heterocycles. The van der Waals surface area contributed by atoms with Crippen LogP contribution in [-0.4, -0.2) is 56.2 Å². The number of H-pyrrole nitrogens is 1. The molecule has 0 aliphatic rings. The first kappa shape index (κ1) is 16.3. The minimum atomic E-state index is -0.201. The van der Waals surface area contributed by atoms with Gasteiger partial charge in [0.25, 0.3) is 5.91 Å². The first-order valence-corrected chi connectivity index (χ1v) is 6.80. The van der Waals surface area contributed by atoms with Crippen LogP contribution in [-0.2, 0) is 4.74 Å². The summed E-state index contributed by atoms with van der Waals surface area (Å²) in [6, 6.07) is 1.52. The van der Waals surface area contributed by atoms with Gasteiger partial charge < -0.3 is 19.9 Å². The fraction of sp³-hybridized carbons (Fsp3) is 0.583. The molecule has 0 aliphatic carbocycles. The van der Waals surface area contributed by atoms with Gasteiger partial charge in [0.15, 0.2) is 0 Å². The number of hydrogen-bond acceptors (Lipinski definition) is 3. The number of carbonyl (C=O) groups excluding carboxylic acids is 1. The molecule has 0 unspecified atom stereocenters. The average Bonchev–Trinajstić information content (AvgIpc) is 2.72. The van der Waals surface area contributed by atoms with Crippen molar-refractivity contribution in [1.29, 1.82) is 0 Å². The van der Waals surface area contributed by atoms with Crippen LogP contribution in [0.15, 0.2) is 6.07 Å². The molecule has 1 aromatic rings. The number of aromatic amines is 1. The molecule has 1 amide bonds. The highest BCUT2D eigenvalue weighted by Gasteiger charge is 2.10. The number of nitrogens with one attached hydrogen (secondary N) is 2. The summed E-state index contributed by atoms with van der Waals surface area (Å²) >= 11 is 11.5. The molecule has 0 aromatic carbocycles. The molecule has 19 heavy (non-hydrogen) atoms. The monoisotopic (exact) mass is 307 g/mol. The normalized spacial score (nSPS) is 11.0. The van der Waals surface area contributed by atoms with E-state index in [4.69, 9.17) is 27.9 Å². The Hall–Kier alpha value is -0.750. The second kappa shape index (κ2) is 8.43. The smallest absolute Gasteiger partial charge is 0.267 e. The van der Waals surface area contributed by atoms with Crippen molar-refractivity contribution in [1.82, 2.24) is 15.2 Å². The fourth-order valence-corrected chi connectivity index (χ4v) is 1.84. The van der Waals surface area contributed by atoms with Gasteiger partial charge >= 0.3 is 0 Å². The van der Waals surface area contributed by atoms with Crippen LogP contribution in [0.1, 0.15) is 16.9 Å². The van der Waals surface area contributed by atoms with Gasteiger partial charge in [-0.25, -0.2) is 0 Å². The highest BCUT2D eigenvalue weighted by molar-refractivity contribution is 6.41. The number of amides is 1. The van der Waals surface area contributed by atoms with Crippen LogP contribution in [0.25, 0.3) is 0 Å². The number of methoxy groups -OCH3 is 1. The number of halogens is 2. The number of rotatable bonds is 8. The van der Waals surface area contributed by atoms with Gasteiger partial charge in [-0.3, -0.25) is 4.79 Å². The number of carbonyl (C=O) groups is 1. The van der Waals surface area contributed by atoms with E-state index in [1.165, 1.54) is 6.07 Å². The lowest BCUT2D eigenvalue weighted by Crippen LogP contribution is -2.29. The maximum atomic E-state index is 11.7. The number of hydrogen-bond donors (Lipinski definition) is 2. The molecule has 0 bridgehead atoms. The molecule has 0 atom stereocenters. The molecule has 0 saturated carbocycles. The maximum Gasteiger partial charge on any atom is 0.267 e. The predicted molar refractivity (Wildman–Crippen MR) is 77.1 cm³/mol. The Kier molecular flexibility index (Phi) is 7.23. The van der Waals surface area contributed by atoms with E-state index in [0.717, 1.165) is 19.5 Å². The quantitative estimate of drug-likeness (QED) is 0.722. The third-order valence-electron chi connectivity index (χ3n) is 2.65. The van der Waals surface area contributed by atoms with Crippen LogP contribution in [0.4, 0.5) is 0 Å². The first-order valence-electron chi connectivity index (χ1n) is 6.04. The number of likely N-dealkylation sites (N-methyl/N-ethyl adjacent to an activating group) is 1. The summed E-state index contributed by atoms with van der Waals surface area (Å²) in [6.07, 6.45) is 0.869. The molecule has 1 rings (SSSR count). The first-order chi connectivity index (χ1) is 9.04. The predicted octanol–water partition coefficient (Wildman–Crippen LogP) is 2.02. The van der Waals surface area contributed by atoms with Crippen LogP contribution in [0.2, 0.25) is 10.2 Å². The standard InChI is InChI=1S/C12H19Cl2N3O2/c1-17(6-7-19-2)5-3-4-15-12(18)10-8-9(13)11(14)16-10/h8,16H,3-7H2,1-2H3,(H,15,18). The zero-order chi connectivity index (χ0) is 14.3. The summed E-state index contributed by atoms with van der Waals surface area (Å²) in [5, 5.41) is 3.44. The largest absolute Gasteiger partial charge is 0.383 e. The van der Waals surface area contributed by atoms with Crippen molar-refractivity contribution < 1.29 is 9.53 Å². The van der Waals surface area contributed by atoms with Gasteiger partial charge in [0.1, 0.15) is 10.8 Å². The lowest BCUT2D eigenvalue weighted by atomic mass is 10.3. The van der Waals surface area contributed by atoms with E-state index < -0.39 is 0 Å². The Labute approximate surface area is 123 Å². The van der Waals surface area contributed by atoms with Crippen molar-refractivity contribution in [2.75, 3.05) is 40.4 Å². The van der Waals surface area contributed by atoms with Crippen molar-refractivity contribution in [3.05, 3.63) is 21.9 Å². The van der Waals surface area contributed by atoms with Crippen molar-refractivity contribution >= 4 is 29.1 Å². The fourth-order valence-electron chi connectivity index (χ4n) is 1.53. The van der Waals surface area contributed by atoms with Gasteiger partial charge in [-0.15, -0.1) is 0 Å². The van der Waals surface area contributed by atoms with Crippen molar-refractivity contribution in [2.45, 2.75) is 6.42 Å². The lowest BCUT2D eigenvalue weighted by Gasteiger charge is -2.15. The molecule has 0 aliphatic heterocycles. The molecule has 0 saturated heterocycles. The molecule has 0 spiro atoms. The van der Waals surface area contributed by atoms with Gasteiger partial charge in [0, 0.05) is 20.2 Å². The average molecular weight is 308 g/mol. The Bertz CT molecular complexity index is 390. The summed E-state index contributed by atoms with van der Waals surface area (Å²) < 4.78 is 4.99. The highest BCUT2D eigenvalue weighted by atomic mass is 35.5. The topological polar surface area (TPSA) is 57.4 Å². The molecule has 0 radical (unpaired) electrons. The van der Waals surface area contributed by atoms with Gasteiger partial charge in [0.2, 0.25) is 0 Å². The second-order valence-corrected chi connectivity index (χ2v) is 5.04. The summed E-state index contributed by atoms with van der Waals surface area (Å²) in [5.41, 5.74) is 0.378. The van der Waals surface area contributed by atoms with E-state index in [1.807, 2.05) is 7.05 Å². The van der Waals surface area contributed by atoms with E-state index in [1.54, 1.807) is 7.11 Å². The molecule has 2 N–H and O–H groups in total. The zero-order valence-electron chi connectivity index (χ0n) is 11.1. The van der Waals surface area contributed by atoms with Crippen LogP contribution in [0.3, 0.4) is 0 Å². The highest BCUT2D eigenvalue weighted by Crippen LogP contribution is 2.21. The molecule has 1 aromatic heterocycles. The Morgan fingerprint density at radius 2 is 2.21 bits per heavy atom. The summed E-state index contributed by atoms with van der Waals surface area (Å²) in [5.74, 6) is -0.201. The maximum absolute atomic E-state index is 11.7. The van der Waals surface area contributed by atoms with Gasteiger partial charge in [-0.2, -0.15) is 0 Å². The summed E-state index contributed by atoms with van der Waals surface area (Å²) in [7, 11) is 3.70. The van der Waals surface area contributed by atoms with Crippen LogP contribution < -0.4 is 5.32 Å². The minimum absolute atomic E-state index is 0.201. The molecule has 5 nitrogen and oxygen atoms in total. The molecule has 0 fully saturated rings. The molecular weight excluding hydrogens is 289 g/mol. The zero-order valence-corrected chi connectivity index (χ0v) is 12.6. The number of aromatic nitrogens is 1. The molecular formula is C12H19Cl2N3O2. The van der Waals surface area contributed by atoms with Crippen LogP contribution >= 0.6 is 23.2 Å². The van der Waals surface area contributed by atoms with E-state index in [0.29, 0.717) is 23.9 Å². The second-order valence-electron chi connectivity index (χ2n) is 4.25. The number of ether oxygens (including phenoxy) is 1. The van der Waals surface area contributed by atoms with Crippen molar-refractivity contribution in [2.24, 2.45) is 0 Å².